The predicted octanol–water partition coefficient (Wildman–Crippen LogP) is 3.54. The number of nitrogens with one attached hydrogen (secondary N) is 1. The molecule has 35 heavy (non-hydrogen) atoms. The zero-order chi connectivity index (χ0) is 24.8. The van der Waals surface area contributed by atoms with Gasteiger partial charge in [0.25, 0.3) is 5.91 Å². The molecule has 2 aromatic carbocycles. The lowest BCUT2D eigenvalue weighted by molar-refractivity contribution is -0.114. The minimum Gasteiger partial charge on any atom is -0.489 e. The fraction of sp³-hybridized carbons (Fsp3) is 0.444. The molecule has 1 saturated heterocycles. The molecular formula is C27H34N2O5S. The van der Waals surface area contributed by atoms with Crippen LogP contribution in [0.5, 0.6) is 5.75 Å². The number of carbonyl (C=O) groups is 1. The third kappa shape index (κ3) is 7.73. The second-order valence-electron chi connectivity index (χ2n) is 9.79. The number of benzene rings is 2. The number of amides is 1. The van der Waals surface area contributed by atoms with Crippen molar-refractivity contribution in [1.82, 2.24) is 9.62 Å². The van der Waals surface area contributed by atoms with Crippen molar-refractivity contribution in [2.45, 2.75) is 58.0 Å². The van der Waals surface area contributed by atoms with Gasteiger partial charge >= 0.3 is 0 Å². The summed E-state index contributed by atoms with van der Waals surface area (Å²) in [5.41, 5.74) is 2.43. The Balaban J connectivity index is 1.23. The van der Waals surface area contributed by atoms with Gasteiger partial charge in [-0.05, 0) is 61.9 Å². The normalized spacial score (nSPS) is 19.5. The summed E-state index contributed by atoms with van der Waals surface area (Å²) in [4.78, 5) is 14.3. The lowest BCUT2D eigenvalue weighted by atomic mass is 10.0. The highest BCUT2D eigenvalue weighted by atomic mass is 32.2. The molecule has 8 heteroatoms. The van der Waals surface area contributed by atoms with Gasteiger partial charge in [0, 0.05) is 32.3 Å². The van der Waals surface area contributed by atoms with Gasteiger partial charge in [-0.3, -0.25) is 14.4 Å². The van der Waals surface area contributed by atoms with Crippen molar-refractivity contribution in [3.63, 3.8) is 0 Å². The Kier molecular flexibility index (Phi) is 8.38. The number of carbonyl (C=O) groups excluding carboxylic acids is 1. The molecular weight excluding hydrogens is 464 g/mol. The van der Waals surface area contributed by atoms with E-state index in [1.54, 1.807) is 0 Å². The van der Waals surface area contributed by atoms with Gasteiger partial charge in [-0.1, -0.05) is 36.4 Å². The Morgan fingerprint density at radius 1 is 1.11 bits per heavy atom. The first kappa shape index (κ1) is 25.6. The van der Waals surface area contributed by atoms with E-state index in [1.807, 2.05) is 38.1 Å². The molecule has 0 spiro atoms. The largest absolute Gasteiger partial charge is 0.489 e. The molecule has 1 unspecified atom stereocenters. The minimum absolute atomic E-state index is 0.279. The van der Waals surface area contributed by atoms with Gasteiger partial charge in [-0.25, -0.2) is 4.21 Å². The first-order chi connectivity index (χ1) is 16.7. The number of ether oxygens (including phenoxy) is 2. The van der Waals surface area contributed by atoms with Crippen LogP contribution in [0, 0.1) is 0 Å². The Morgan fingerprint density at radius 3 is 2.49 bits per heavy atom. The van der Waals surface area contributed by atoms with Gasteiger partial charge in [0.15, 0.2) is 11.0 Å². The van der Waals surface area contributed by atoms with Crippen LogP contribution >= 0.6 is 0 Å². The third-order valence-corrected chi connectivity index (χ3v) is 7.34. The number of hydrogen-bond donors (Lipinski definition) is 2. The molecule has 2 heterocycles. The topological polar surface area (TPSA) is 88.1 Å². The van der Waals surface area contributed by atoms with Crippen LogP contribution < -0.4 is 9.46 Å². The van der Waals surface area contributed by atoms with E-state index in [1.165, 1.54) is 11.6 Å². The van der Waals surface area contributed by atoms with Crippen LogP contribution in [0.3, 0.4) is 0 Å². The molecule has 1 amide bonds. The van der Waals surface area contributed by atoms with E-state index in [4.69, 9.17) is 9.47 Å². The van der Waals surface area contributed by atoms with Gasteiger partial charge in [0.1, 0.15) is 12.4 Å². The molecule has 0 aliphatic carbocycles. The second-order valence-corrected chi connectivity index (χ2v) is 11.0. The number of rotatable bonds is 10. The number of piperidine rings is 1. The molecule has 2 aliphatic heterocycles. The van der Waals surface area contributed by atoms with Crippen molar-refractivity contribution in [2.75, 3.05) is 19.7 Å². The Morgan fingerprint density at radius 2 is 1.83 bits per heavy atom. The van der Waals surface area contributed by atoms with E-state index in [-0.39, 0.29) is 12.0 Å². The van der Waals surface area contributed by atoms with Crippen molar-refractivity contribution in [3.8, 4) is 5.75 Å². The van der Waals surface area contributed by atoms with Crippen molar-refractivity contribution in [2.24, 2.45) is 0 Å². The monoisotopic (exact) mass is 498 g/mol. The fourth-order valence-electron chi connectivity index (χ4n) is 4.21. The molecule has 0 radical (unpaired) electrons. The molecule has 0 aromatic heterocycles. The van der Waals surface area contributed by atoms with Crippen LogP contribution in [-0.4, -0.2) is 51.5 Å². The summed E-state index contributed by atoms with van der Waals surface area (Å²) in [5, 5.41) is 9.83. The Labute approximate surface area is 209 Å². The zero-order valence-corrected chi connectivity index (χ0v) is 21.2. The second kappa shape index (κ2) is 11.5. The van der Waals surface area contributed by atoms with Gasteiger partial charge in [-0.15, -0.1) is 0 Å². The summed E-state index contributed by atoms with van der Waals surface area (Å²) in [6, 6.07) is 15.7. The highest BCUT2D eigenvalue weighted by Gasteiger charge is 2.22. The third-order valence-electron chi connectivity index (χ3n) is 6.20. The minimum atomic E-state index is -1.49. The molecule has 4 rings (SSSR count). The van der Waals surface area contributed by atoms with Crippen molar-refractivity contribution < 1.29 is 23.6 Å². The van der Waals surface area contributed by atoms with Crippen LogP contribution in [0.2, 0.25) is 0 Å². The highest BCUT2D eigenvalue weighted by molar-refractivity contribution is 7.93. The van der Waals surface area contributed by atoms with Crippen LogP contribution in [-0.2, 0) is 33.7 Å². The van der Waals surface area contributed by atoms with Gasteiger partial charge < -0.3 is 14.6 Å². The quantitative estimate of drug-likeness (QED) is 0.521. The van der Waals surface area contributed by atoms with Crippen LogP contribution in [0.4, 0.5) is 0 Å². The van der Waals surface area contributed by atoms with E-state index in [0.29, 0.717) is 24.5 Å². The summed E-state index contributed by atoms with van der Waals surface area (Å²) in [7, 11) is -1.49. The molecule has 2 N–H and O–H groups in total. The fourth-order valence-corrected chi connectivity index (χ4v) is 5.12. The summed E-state index contributed by atoms with van der Waals surface area (Å²) in [5.74, 6) is 0.382. The Bertz CT molecular complexity index is 1070. The highest BCUT2D eigenvalue weighted by Crippen LogP contribution is 2.24. The van der Waals surface area contributed by atoms with Crippen molar-refractivity contribution >= 4 is 21.8 Å². The summed E-state index contributed by atoms with van der Waals surface area (Å²) < 4.78 is 26.2. The zero-order valence-electron chi connectivity index (χ0n) is 20.4. The lowest BCUT2D eigenvalue weighted by Crippen LogP contribution is -2.37. The molecule has 0 saturated carbocycles. The average molecular weight is 499 g/mol. The number of nitrogens with zero attached hydrogens (tertiary/aromatic N) is 1. The predicted molar refractivity (Wildman–Crippen MR) is 137 cm³/mol. The average Bonchev–Trinajstić information content (AvgIpc) is 3.16. The van der Waals surface area contributed by atoms with Gasteiger partial charge in [-0.2, -0.15) is 0 Å². The lowest BCUT2D eigenvalue weighted by Gasteiger charge is -2.32. The molecule has 7 nitrogen and oxygen atoms in total. The maximum absolute atomic E-state index is 11.9. The molecule has 188 valence electrons. The van der Waals surface area contributed by atoms with Crippen LogP contribution in [0.25, 0.3) is 4.91 Å². The first-order valence-corrected chi connectivity index (χ1v) is 13.2. The summed E-state index contributed by atoms with van der Waals surface area (Å²) >= 11 is 0. The van der Waals surface area contributed by atoms with E-state index >= 15 is 0 Å². The summed E-state index contributed by atoms with van der Waals surface area (Å²) in [6.07, 6.45) is 4.33. The smallest absolute Gasteiger partial charge is 0.257 e. The van der Waals surface area contributed by atoms with E-state index in [0.717, 1.165) is 49.4 Å². The maximum atomic E-state index is 11.9. The standard InChI is InChI=1S/C27H34N2O5S/c1-27(2,31)12-15-33-24-10-13-29(14-11-24)18-20-4-3-5-21(16-20)19-34-23-8-6-22(7-9-23)25-17-26(30)28-35(25)32/h3-9,16-17,24,31H,10-15,18-19H2,1-2H3,(H,28,30). The van der Waals surface area contributed by atoms with Crippen molar-refractivity contribution in [1.29, 1.82) is 0 Å². The number of hydrogen-bond acceptors (Lipinski definition) is 6. The first-order valence-electron chi connectivity index (χ1n) is 12.1. The molecule has 1 atom stereocenters. The molecule has 1 fully saturated rings. The van der Waals surface area contributed by atoms with Crippen LogP contribution in [0.1, 0.15) is 49.8 Å². The SMILES string of the molecule is CC(C)(O)CCOC1CCN(Cc2cccc(COc3ccc(C4=CC(=O)NS4=O)cc3)c2)CC1. The van der Waals surface area contributed by atoms with Gasteiger partial charge in [0.2, 0.25) is 0 Å². The van der Waals surface area contributed by atoms with Crippen LogP contribution in [0.15, 0.2) is 54.6 Å². The van der Waals surface area contributed by atoms with E-state index in [9.17, 15) is 14.1 Å². The molecule has 2 aliphatic rings. The summed E-state index contributed by atoms with van der Waals surface area (Å²) in [6.45, 7) is 7.60. The van der Waals surface area contributed by atoms with E-state index in [2.05, 4.69) is 33.9 Å². The molecule has 0 bridgehead atoms. The number of aliphatic hydroxyl groups is 1. The Hall–Kier alpha value is -2.52. The molecule has 2 aromatic rings. The number of likely N-dealkylation sites (tertiary alicyclic amines) is 1. The van der Waals surface area contributed by atoms with Gasteiger partial charge in [0.05, 0.1) is 16.6 Å². The van der Waals surface area contributed by atoms with Crippen molar-refractivity contribution in [3.05, 3.63) is 71.3 Å². The van der Waals surface area contributed by atoms with E-state index < -0.39 is 16.6 Å². The maximum Gasteiger partial charge on any atom is 0.257 e.